The van der Waals surface area contributed by atoms with Crippen LogP contribution < -0.4 is 10.9 Å². The lowest BCUT2D eigenvalue weighted by atomic mass is 9.78. The summed E-state index contributed by atoms with van der Waals surface area (Å²) < 4.78 is 1.58. The standard InChI is InChI=1S/C22H32N4O3/c1-13-9-14(2)26(25-13)12-18(27)23-24-20(29)15-10-16(21(3,4)5)19(28)17(11-15)22(6,7)8/h9-11,28H,12H2,1-8H3,(H,23,27)(H,24,29). The van der Waals surface area contributed by atoms with Gasteiger partial charge in [0.15, 0.2) is 0 Å². The number of benzene rings is 1. The second-order valence-electron chi connectivity index (χ2n) is 9.51. The van der Waals surface area contributed by atoms with Crippen LogP contribution in [0.15, 0.2) is 18.2 Å². The molecular weight excluding hydrogens is 368 g/mol. The van der Waals surface area contributed by atoms with Crippen molar-refractivity contribution in [3.05, 3.63) is 46.3 Å². The molecule has 0 aliphatic rings. The van der Waals surface area contributed by atoms with Gasteiger partial charge in [-0.3, -0.25) is 25.1 Å². The first-order chi connectivity index (χ1) is 13.2. The van der Waals surface area contributed by atoms with Crippen molar-refractivity contribution >= 4 is 11.8 Å². The Hall–Kier alpha value is -2.83. The van der Waals surface area contributed by atoms with Gasteiger partial charge in [0.25, 0.3) is 11.8 Å². The molecule has 158 valence electrons. The number of aromatic nitrogens is 2. The number of hydrogen-bond acceptors (Lipinski definition) is 4. The molecule has 0 aliphatic carbocycles. The van der Waals surface area contributed by atoms with Crippen LogP contribution in [0.4, 0.5) is 0 Å². The van der Waals surface area contributed by atoms with Crippen LogP contribution in [-0.4, -0.2) is 26.7 Å². The van der Waals surface area contributed by atoms with Crippen LogP contribution in [0.25, 0.3) is 0 Å². The molecule has 0 atom stereocenters. The zero-order chi connectivity index (χ0) is 22.1. The molecule has 1 aromatic carbocycles. The van der Waals surface area contributed by atoms with Gasteiger partial charge in [-0.1, -0.05) is 41.5 Å². The van der Waals surface area contributed by atoms with E-state index in [0.717, 1.165) is 11.4 Å². The predicted octanol–water partition coefficient (Wildman–Crippen LogP) is 3.26. The molecule has 2 rings (SSSR count). The number of carbonyl (C=O) groups is 2. The summed E-state index contributed by atoms with van der Waals surface area (Å²) in [7, 11) is 0. The Morgan fingerprint density at radius 3 is 1.90 bits per heavy atom. The molecule has 29 heavy (non-hydrogen) atoms. The van der Waals surface area contributed by atoms with Crippen molar-refractivity contribution in [2.75, 3.05) is 0 Å². The minimum atomic E-state index is -0.442. The highest BCUT2D eigenvalue weighted by molar-refractivity contribution is 5.96. The number of amides is 2. The molecule has 1 aromatic heterocycles. The van der Waals surface area contributed by atoms with Crippen LogP contribution in [0, 0.1) is 13.8 Å². The first-order valence-electron chi connectivity index (χ1n) is 9.68. The summed E-state index contributed by atoms with van der Waals surface area (Å²) >= 11 is 0. The van der Waals surface area contributed by atoms with E-state index >= 15 is 0 Å². The Kier molecular flexibility index (Phi) is 6.11. The van der Waals surface area contributed by atoms with Gasteiger partial charge in [-0.15, -0.1) is 0 Å². The highest BCUT2D eigenvalue weighted by atomic mass is 16.3. The van der Waals surface area contributed by atoms with E-state index in [-0.39, 0.29) is 29.0 Å². The van der Waals surface area contributed by atoms with Crippen molar-refractivity contribution in [3.63, 3.8) is 0 Å². The van der Waals surface area contributed by atoms with Crippen molar-refractivity contribution in [2.45, 2.75) is 72.8 Å². The minimum absolute atomic E-state index is 0.00993. The molecule has 0 radical (unpaired) electrons. The molecule has 7 nitrogen and oxygen atoms in total. The van der Waals surface area contributed by atoms with Crippen LogP contribution in [0.3, 0.4) is 0 Å². The number of aryl methyl sites for hydroxylation is 2. The molecule has 0 aliphatic heterocycles. The second kappa shape index (κ2) is 7.89. The van der Waals surface area contributed by atoms with Crippen molar-refractivity contribution in [2.24, 2.45) is 0 Å². The molecule has 2 aromatic rings. The molecule has 0 saturated carbocycles. The van der Waals surface area contributed by atoms with Gasteiger partial charge in [0.05, 0.1) is 5.69 Å². The van der Waals surface area contributed by atoms with E-state index in [1.54, 1.807) is 16.8 Å². The molecule has 3 N–H and O–H groups in total. The Labute approximate surface area is 172 Å². The van der Waals surface area contributed by atoms with Crippen LogP contribution in [-0.2, 0) is 22.2 Å². The van der Waals surface area contributed by atoms with Crippen molar-refractivity contribution in [1.29, 1.82) is 0 Å². The molecule has 2 amide bonds. The molecule has 0 bridgehead atoms. The molecule has 0 unspecified atom stereocenters. The van der Waals surface area contributed by atoms with Gasteiger partial charge in [-0.25, -0.2) is 0 Å². The SMILES string of the molecule is Cc1cc(C)n(CC(=O)NNC(=O)c2cc(C(C)(C)C)c(O)c(C(C)(C)C)c2)n1. The maximum atomic E-state index is 12.7. The number of phenolic OH excluding ortho intramolecular Hbond substituents is 1. The molecule has 0 spiro atoms. The monoisotopic (exact) mass is 400 g/mol. The summed E-state index contributed by atoms with van der Waals surface area (Å²) in [6.45, 7) is 15.6. The van der Waals surface area contributed by atoms with E-state index in [9.17, 15) is 14.7 Å². The van der Waals surface area contributed by atoms with Gasteiger partial charge in [0, 0.05) is 22.4 Å². The Morgan fingerprint density at radius 2 is 1.48 bits per heavy atom. The van der Waals surface area contributed by atoms with Gasteiger partial charge in [0.1, 0.15) is 12.3 Å². The molecule has 0 saturated heterocycles. The van der Waals surface area contributed by atoms with E-state index in [0.29, 0.717) is 16.7 Å². The highest BCUT2D eigenvalue weighted by Gasteiger charge is 2.27. The lowest BCUT2D eigenvalue weighted by Gasteiger charge is -2.28. The number of rotatable bonds is 3. The fraction of sp³-hybridized carbons (Fsp3) is 0.500. The number of hydrogen-bond donors (Lipinski definition) is 3. The van der Waals surface area contributed by atoms with E-state index in [1.807, 2.05) is 61.5 Å². The number of carbonyl (C=O) groups excluding carboxylic acids is 2. The van der Waals surface area contributed by atoms with Crippen molar-refractivity contribution in [1.82, 2.24) is 20.6 Å². The lowest BCUT2D eigenvalue weighted by Crippen LogP contribution is -2.43. The van der Waals surface area contributed by atoms with E-state index < -0.39 is 5.91 Å². The van der Waals surface area contributed by atoms with Gasteiger partial charge in [-0.05, 0) is 42.9 Å². The fourth-order valence-corrected chi connectivity index (χ4v) is 3.12. The van der Waals surface area contributed by atoms with Gasteiger partial charge < -0.3 is 5.11 Å². The summed E-state index contributed by atoms with van der Waals surface area (Å²) in [5.41, 5.74) is 7.64. The number of nitrogens with zero attached hydrogens (tertiary/aromatic N) is 2. The number of phenols is 1. The Morgan fingerprint density at radius 1 is 0.966 bits per heavy atom. The van der Waals surface area contributed by atoms with Gasteiger partial charge in [-0.2, -0.15) is 5.10 Å². The molecule has 7 heteroatoms. The van der Waals surface area contributed by atoms with Crippen LogP contribution >= 0.6 is 0 Å². The zero-order valence-electron chi connectivity index (χ0n) is 18.6. The van der Waals surface area contributed by atoms with Crippen LogP contribution in [0.5, 0.6) is 5.75 Å². The van der Waals surface area contributed by atoms with Crippen molar-refractivity contribution in [3.8, 4) is 5.75 Å². The van der Waals surface area contributed by atoms with E-state index in [4.69, 9.17) is 0 Å². The number of nitrogens with one attached hydrogen (secondary N) is 2. The molecule has 1 heterocycles. The summed E-state index contributed by atoms with van der Waals surface area (Å²) in [5, 5.41) is 15.0. The number of aromatic hydroxyl groups is 1. The summed E-state index contributed by atoms with van der Waals surface area (Å²) in [4.78, 5) is 24.9. The maximum absolute atomic E-state index is 12.7. The average Bonchev–Trinajstić information content (AvgIpc) is 2.87. The highest BCUT2D eigenvalue weighted by Crippen LogP contribution is 2.39. The third-order valence-corrected chi connectivity index (χ3v) is 4.70. The topological polar surface area (TPSA) is 96.2 Å². The quantitative estimate of drug-likeness (QED) is 0.689. The van der Waals surface area contributed by atoms with Crippen LogP contribution in [0.1, 0.15) is 74.4 Å². The predicted molar refractivity (Wildman–Crippen MR) is 113 cm³/mol. The molecular formula is C22H32N4O3. The first-order valence-corrected chi connectivity index (χ1v) is 9.68. The van der Waals surface area contributed by atoms with Gasteiger partial charge in [0.2, 0.25) is 0 Å². The summed E-state index contributed by atoms with van der Waals surface area (Å²) in [6, 6.07) is 5.23. The Bertz CT molecular complexity index is 896. The first kappa shape index (κ1) is 22.5. The van der Waals surface area contributed by atoms with E-state index in [1.165, 1.54) is 0 Å². The molecule has 0 fully saturated rings. The lowest BCUT2D eigenvalue weighted by molar-refractivity contribution is -0.122. The Balaban J connectivity index is 2.21. The largest absolute Gasteiger partial charge is 0.507 e. The normalized spacial score (nSPS) is 12.0. The maximum Gasteiger partial charge on any atom is 0.269 e. The van der Waals surface area contributed by atoms with Crippen LogP contribution in [0.2, 0.25) is 0 Å². The fourth-order valence-electron chi connectivity index (χ4n) is 3.12. The van der Waals surface area contributed by atoms with E-state index in [2.05, 4.69) is 16.0 Å². The summed E-state index contributed by atoms with van der Waals surface area (Å²) in [5.74, 6) is -0.617. The average molecular weight is 401 g/mol. The summed E-state index contributed by atoms with van der Waals surface area (Å²) in [6.07, 6.45) is 0. The zero-order valence-corrected chi connectivity index (χ0v) is 18.6. The van der Waals surface area contributed by atoms with Crippen molar-refractivity contribution < 1.29 is 14.7 Å². The third-order valence-electron chi connectivity index (χ3n) is 4.70. The number of hydrazine groups is 1. The third kappa shape index (κ3) is 5.37. The van der Waals surface area contributed by atoms with Gasteiger partial charge >= 0.3 is 0 Å². The smallest absolute Gasteiger partial charge is 0.269 e. The second-order valence-corrected chi connectivity index (χ2v) is 9.51. The minimum Gasteiger partial charge on any atom is -0.507 e.